The standard InChI is InChI=1S/C13H8ClFN2O4/c14-10-5-7(1-3-9(10)13(18)19)16-12-4-2-8(17(20)21)6-11(12)15/h1-6,16H,(H,18,19). The highest BCUT2D eigenvalue weighted by molar-refractivity contribution is 6.33. The van der Waals surface area contributed by atoms with Crippen LogP contribution in [0.25, 0.3) is 0 Å². The van der Waals surface area contributed by atoms with Crippen molar-refractivity contribution in [3.8, 4) is 0 Å². The van der Waals surface area contributed by atoms with Crippen LogP contribution in [-0.2, 0) is 0 Å². The normalized spacial score (nSPS) is 10.2. The molecule has 0 saturated heterocycles. The van der Waals surface area contributed by atoms with Crippen molar-refractivity contribution in [2.24, 2.45) is 0 Å². The number of carboxylic acid groups (broad SMARTS) is 1. The lowest BCUT2D eigenvalue weighted by Gasteiger charge is -2.09. The molecule has 0 amide bonds. The lowest BCUT2D eigenvalue weighted by atomic mass is 10.2. The summed E-state index contributed by atoms with van der Waals surface area (Å²) in [6.45, 7) is 0. The van der Waals surface area contributed by atoms with Gasteiger partial charge in [-0.1, -0.05) is 11.6 Å². The van der Waals surface area contributed by atoms with Gasteiger partial charge in [0.1, 0.15) is 0 Å². The number of rotatable bonds is 4. The average Bonchev–Trinajstić information content (AvgIpc) is 2.40. The Kier molecular flexibility index (Phi) is 4.04. The molecule has 0 atom stereocenters. The summed E-state index contributed by atoms with van der Waals surface area (Å²) in [6, 6.07) is 7.17. The molecule has 0 heterocycles. The summed E-state index contributed by atoms with van der Waals surface area (Å²) >= 11 is 5.79. The Morgan fingerprint density at radius 2 is 2.00 bits per heavy atom. The average molecular weight is 311 g/mol. The second-order valence-corrected chi connectivity index (χ2v) is 4.45. The summed E-state index contributed by atoms with van der Waals surface area (Å²) in [6.07, 6.45) is 0. The Bertz CT molecular complexity index is 736. The van der Waals surface area contributed by atoms with Crippen LogP contribution in [0.3, 0.4) is 0 Å². The SMILES string of the molecule is O=C(O)c1ccc(Nc2ccc([N+](=O)[O-])cc2F)cc1Cl. The molecule has 0 aromatic heterocycles. The fraction of sp³-hybridized carbons (Fsp3) is 0. The summed E-state index contributed by atoms with van der Waals surface area (Å²) in [7, 11) is 0. The van der Waals surface area contributed by atoms with Crippen molar-refractivity contribution >= 4 is 34.6 Å². The number of benzene rings is 2. The molecule has 2 N–H and O–H groups in total. The number of hydrogen-bond donors (Lipinski definition) is 2. The first-order valence-corrected chi connectivity index (χ1v) is 6.00. The smallest absolute Gasteiger partial charge is 0.337 e. The quantitative estimate of drug-likeness (QED) is 0.661. The van der Waals surface area contributed by atoms with Gasteiger partial charge in [0.2, 0.25) is 0 Å². The summed E-state index contributed by atoms with van der Waals surface area (Å²) < 4.78 is 13.7. The molecule has 6 nitrogen and oxygen atoms in total. The van der Waals surface area contributed by atoms with Gasteiger partial charge in [-0.3, -0.25) is 10.1 Å². The van der Waals surface area contributed by atoms with Gasteiger partial charge in [-0.25, -0.2) is 9.18 Å². The number of nitrogens with one attached hydrogen (secondary N) is 1. The van der Waals surface area contributed by atoms with Crippen LogP contribution in [0, 0.1) is 15.9 Å². The second kappa shape index (κ2) is 5.76. The number of halogens is 2. The first-order chi connectivity index (χ1) is 9.88. The number of carbonyl (C=O) groups is 1. The number of non-ortho nitro benzene ring substituents is 1. The number of anilines is 2. The minimum Gasteiger partial charge on any atom is -0.478 e. The monoisotopic (exact) mass is 310 g/mol. The van der Waals surface area contributed by atoms with Gasteiger partial charge in [0.25, 0.3) is 5.69 Å². The Morgan fingerprint density at radius 1 is 1.29 bits per heavy atom. The zero-order valence-corrected chi connectivity index (χ0v) is 11.1. The Morgan fingerprint density at radius 3 is 2.52 bits per heavy atom. The number of hydrogen-bond acceptors (Lipinski definition) is 4. The van der Waals surface area contributed by atoms with E-state index in [1.165, 1.54) is 24.3 Å². The van der Waals surface area contributed by atoms with Crippen LogP contribution in [0.2, 0.25) is 5.02 Å². The third kappa shape index (κ3) is 3.26. The van der Waals surface area contributed by atoms with Gasteiger partial charge in [0.05, 0.1) is 27.3 Å². The Hall–Kier alpha value is -2.67. The summed E-state index contributed by atoms with van der Waals surface area (Å²) in [4.78, 5) is 20.6. The highest BCUT2D eigenvalue weighted by atomic mass is 35.5. The third-order valence-corrected chi connectivity index (χ3v) is 2.95. The van der Waals surface area contributed by atoms with E-state index in [4.69, 9.17) is 16.7 Å². The minimum absolute atomic E-state index is 0.00480. The Balaban J connectivity index is 2.28. The van der Waals surface area contributed by atoms with Crippen molar-refractivity contribution in [1.82, 2.24) is 0 Å². The molecule has 0 saturated carbocycles. The molecule has 108 valence electrons. The van der Waals surface area contributed by atoms with Crippen LogP contribution in [0.1, 0.15) is 10.4 Å². The molecule has 21 heavy (non-hydrogen) atoms. The van der Waals surface area contributed by atoms with Crippen molar-refractivity contribution in [2.75, 3.05) is 5.32 Å². The predicted octanol–water partition coefficient (Wildman–Crippen LogP) is 3.83. The zero-order chi connectivity index (χ0) is 15.6. The van der Waals surface area contributed by atoms with Crippen LogP contribution in [0.15, 0.2) is 36.4 Å². The molecule has 0 spiro atoms. The van der Waals surface area contributed by atoms with Crippen LogP contribution >= 0.6 is 11.6 Å². The first-order valence-electron chi connectivity index (χ1n) is 5.62. The highest BCUT2D eigenvalue weighted by Crippen LogP contribution is 2.27. The summed E-state index contributed by atoms with van der Waals surface area (Å²) in [5.74, 6) is -1.98. The molecule has 0 radical (unpaired) electrons. The van der Waals surface area contributed by atoms with E-state index in [1.54, 1.807) is 0 Å². The van der Waals surface area contributed by atoms with Gasteiger partial charge in [0.15, 0.2) is 5.82 Å². The molecule has 0 fully saturated rings. The van der Waals surface area contributed by atoms with Gasteiger partial charge < -0.3 is 10.4 Å². The van der Waals surface area contributed by atoms with Gasteiger partial charge in [-0.15, -0.1) is 0 Å². The molecule has 2 rings (SSSR count). The maximum absolute atomic E-state index is 13.7. The number of carboxylic acids is 1. The topological polar surface area (TPSA) is 92.5 Å². The lowest BCUT2D eigenvalue weighted by molar-refractivity contribution is -0.385. The van der Waals surface area contributed by atoms with E-state index in [9.17, 15) is 19.3 Å². The third-order valence-electron chi connectivity index (χ3n) is 2.64. The molecule has 0 unspecified atom stereocenters. The number of nitro groups is 1. The molecular formula is C13H8ClFN2O4. The molecule has 0 aliphatic heterocycles. The van der Waals surface area contributed by atoms with Crippen molar-refractivity contribution < 1.29 is 19.2 Å². The number of nitrogens with zero attached hydrogens (tertiary/aromatic N) is 1. The van der Waals surface area contributed by atoms with Crippen LogP contribution in [0.4, 0.5) is 21.5 Å². The van der Waals surface area contributed by atoms with E-state index in [2.05, 4.69) is 5.32 Å². The van der Waals surface area contributed by atoms with Crippen LogP contribution < -0.4 is 5.32 Å². The number of nitro benzene ring substituents is 1. The van der Waals surface area contributed by atoms with E-state index in [0.29, 0.717) is 5.69 Å². The van der Waals surface area contributed by atoms with E-state index in [-0.39, 0.29) is 22.0 Å². The molecule has 0 aliphatic carbocycles. The zero-order valence-electron chi connectivity index (χ0n) is 10.3. The predicted molar refractivity (Wildman–Crippen MR) is 74.7 cm³/mol. The fourth-order valence-electron chi connectivity index (χ4n) is 1.64. The lowest BCUT2D eigenvalue weighted by Crippen LogP contribution is -1.99. The maximum atomic E-state index is 13.7. The van der Waals surface area contributed by atoms with E-state index >= 15 is 0 Å². The molecule has 0 bridgehead atoms. The summed E-state index contributed by atoms with van der Waals surface area (Å²) in [5, 5.41) is 22.0. The molecule has 8 heteroatoms. The van der Waals surface area contributed by atoms with Gasteiger partial charge >= 0.3 is 5.97 Å². The van der Waals surface area contributed by atoms with Crippen molar-refractivity contribution in [2.45, 2.75) is 0 Å². The molecule has 2 aromatic rings. The van der Waals surface area contributed by atoms with E-state index < -0.39 is 16.7 Å². The molecular weight excluding hydrogens is 303 g/mol. The van der Waals surface area contributed by atoms with Gasteiger partial charge in [-0.2, -0.15) is 0 Å². The fourth-order valence-corrected chi connectivity index (χ4v) is 1.90. The van der Waals surface area contributed by atoms with Crippen LogP contribution in [-0.4, -0.2) is 16.0 Å². The van der Waals surface area contributed by atoms with Crippen molar-refractivity contribution in [1.29, 1.82) is 0 Å². The molecule has 2 aromatic carbocycles. The first kappa shape index (κ1) is 14.7. The highest BCUT2D eigenvalue weighted by Gasteiger charge is 2.12. The van der Waals surface area contributed by atoms with E-state index in [1.807, 2.05) is 0 Å². The second-order valence-electron chi connectivity index (χ2n) is 4.05. The maximum Gasteiger partial charge on any atom is 0.337 e. The van der Waals surface area contributed by atoms with Gasteiger partial charge in [0, 0.05) is 11.8 Å². The number of aromatic carboxylic acids is 1. The molecule has 0 aliphatic rings. The van der Waals surface area contributed by atoms with Crippen molar-refractivity contribution in [3.05, 3.63) is 62.9 Å². The minimum atomic E-state index is -1.17. The van der Waals surface area contributed by atoms with Crippen molar-refractivity contribution in [3.63, 3.8) is 0 Å². The van der Waals surface area contributed by atoms with E-state index in [0.717, 1.165) is 12.1 Å². The largest absolute Gasteiger partial charge is 0.478 e. The summed E-state index contributed by atoms with van der Waals surface area (Å²) in [5.41, 5.74) is -0.0683. The Labute approximate surface area is 122 Å². The van der Waals surface area contributed by atoms with Crippen LogP contribution in [0.5, 0.6) is 0 Å². The van der Waals surface area contributed by atoms with Gasteiger partial charge in [-0.05, 0) is 24.3 Å².